The van der Waals surface area contributed by atoms with Gasteiger partial charge in [-0.05, 0) is 19.8 Å². The molecule has 0 radical (unpaired) electrons. The van der Waals surface area contributed by atoms with E-state index in [0.717, 1.165) is 18.5 Å². The molecule has 5 nitrogen and oxygen atoms in total. The summed E-state index contributed by atoms with van der Waals surface area (Å²) in [6, 6.07) is 0. The third kappa shape index (κ3) is 2.81. The Balaban J connectivity index is 2.00. The first-order valence-corrected chi connectivity index (χ1v) is 7.48. The molecule has 0 N–H and O–H groups in total. The molecule has 1 aromatic heterocycles. The van der Waals surface area contributed by atoms with Gasteiger partial charge in [0, 0.05) is 37.6 Å². The topological polar surface area (TPSA) is 63.2 Å². The smallest absolute Gasteiger partial charge is 0.213 e. The van der Waals surface area contributed by atoms with Crippen LogP contribution in [0.4, 0.5) is 0 Å². The highest BCUT2D eigenvalue weighted by Gasteiger charge is 2.27. The summed E-state index contributed by atoms with van der Waals surface area (Å²) in [4.78, 5) is 8.33. The molecule has 1 aliphatic rings. The largest absolute Gasteiger partial charge is 0.261 e. The lowest BCUT2D eigenvalue weighted by Gasteiger charge is -2.30. The van der Waals surface area contributed by atoms with E-state index in [1.165, 1.54) is 0 Å². The van der Waals surface area contributed by atoms with Crippen molar-refractivity contribution in [1.29, 1.82) is 0 Å². The Morgan fingerprint density at radius 2 is 2.06 bits per heavy atom. The third-order valence-electron chi connectivity index (χ3n) is 3.21. The standard InChI is InChI=1S/C11H17N3O2S/c1-2-17(15,16)14-7-3-10(4-8-14)11-9-12-5-6-13-11/h5-6,9-10H,2-4,7-8H2,1H3. The van der Waals surface area contributed by atoms with Gasteiger partial charge in [-0.1, -0.05) is 0 Å². The summed E-state index contributed by atoms with van der Waals surface area (Å²) >= 11 is 0. The molecule has 0 aromatic carbocycles. The van der Waals surface area contributed by atoms with E-state index in [-0.39, 0.29) is 5.75 Å². The molecule has 1 aromatic rings. The zero-order valence-corrected chi connectivity index (χ0v) is 10.7. The van der Waals surface area contributed by atoms with Gasteiger partial charge in [0.05, 0.1) is 11.4 Å². The maximum absolute atomic E-state index is 11.7. The van der Waals surface area contributed by atoms with E-state index in [1.807, 2.05) is 0 Å². The Hall–Kier alpha value is -1.01. The average molecular weight is 255 g/mol. The van der Waals surface area contributed by atoms with E-state index in [4.69, 9.17) is 0 Å². The first-order chi connectivity index (χ1) is 8.13. The molecule has 0 atom stereocenters. The van der Waals surface area contributed by atoms with Crippen LogP contribution in [0.2, 0.25) is 0 Å². The Morgan fingerprint density at radius 1 is 1.35 bits per heavy atom. The van der Waals surface area contributed by atoms with Crippen LogP contribution in [-0.4, -0.2) is 41.5 Å². The van der Waals surface area contributed by atoms with Crippen molar-refractivity contribution in [3.8, 4) is 0 Å². The van der Waals surface area contributed by atoms with E-state index in [2.05, 4.69) is 9.97 Å². The Labute approximate surface area is 102 Å². The van der Waals surface area contributed by atoms with Crippen LogP contribution in [0.3, 0.4) is 0 Å². The monoisotopic (exact) mass is 255 g/mol. The van der Waals surface area contributed by atoms with Crippen molar-refractivity contribution < 1.29 is 8.42 Å². The van der Waals surface area contributed by atoms with Crippen LogP contribution in [-0.2, 0) is 10.0 Å². The van der Waals surface area contributed by atoms with Crippen LogP contribution in [0, 0.1) is 0 Å². The average Bonchev–Trinajstić information content (AvgIpc) is 2.40. The molecule has 1 saturated heterocycles. The Bertz CT molecular complexity index is 453. The molecule has 2 heterocycles. The van der Waals surface area contributed by atoms with Crippen molar-refractivity contribution in [1.82, 2.24) is 14.3 Å². The summed E-state index contributed by atoms with van der Waals surface area (Å²) in [6.45, 7) is 2.87. The summed E-state index contributed by atoms with van der Waals surface area (Å²) in [7, 11) is -3.03. The second kappa shape index (κ2) is 5.10. The van der Waals surface area contributed by atoms with E-state index in [0.29, 0.717) is 19.0 Å². The molecule has 1 aliphatic heterocycles. The number of hydrogen-bond acceptors (Lipinski definition) is 4. The van der Waals surface area contributed by atoms with E-state index < -0.39 is 10.0 Å². The van der Waals surface area contributed by atoms with Crippen LogP contribution < -0.4 is 0 Å². The van der Waals surface area contributed by atoms with Gasteiger partial charge in [0.25, 0.3) is 0 Å². The van der Waals surface area contributed by atoms with Crippen LogP contribution >= 0.6 is 0 Å². The van der Waals surface area contributed by atoms with Crippen LogP contribution in [0.5, 0.6) is 0 Å². The van der Waals surface area contributed by atoms with Gasteiger partial charge in [-0.3, -0.25) is 9.97 Å². The summed E-state index contributed by atoms with van der Waals surface area (Å²) < 4.78 is 25.0. The molecule has 0 amide bonds. The number of aromatic nitrogens is 2. The van der Waals surface area contributed by atoms with Crippen molar-refractivity contribution in [2.75, 3.05) is 18.8 Å². The summed E-state index contributed by atoms with van der Waals surface area (Å²) in [5, 5.41) is 0. The lowest BCUT2D eigenvalue weighted by Crippen LogP contribution is -2.38. The highest BCUT2D eigenvalue weighted by atomic mass is 32.2. The van der Waals surface area contributed by atoms with Crippen molar-refractivity contribution in [2.45, 2.75) is 25.7 Å². The van der Waals surface area contributed by atoms with Gasteiger partial charge in [0.15, 0.2) is 0 Å². The van der Waals surface area contributed by atoms with Crippen LogP contribution in [0.15, 0.2) is 18.6 Å². The van der Waals surface area contributed by atoms with Gasteiger partial charge in [-0.2, -0.15) is 0 Å². The zero-order chi connectivity index (χ0) is 12.3. The molecular formula is C11H17N3O2S. The molecular weight excluding hydrogens is 238 g/mol. The zero-order valence-electron chi connectivity index (χ0n) is 9.91. The fourth-order valence-electron chi connectivity index (χ4n) is 2.13. The molecule has 17 heavy (non-hydrogen) atoms. The maximum atomic E-state index is 11.7. The fourth-order valence-corrected chi connectivity index (χ4v) is 3.27. The van der Waals surface area contributed by atoms with E-state index in [1.54, 1.807) is 29.8 Å². The SMILES string of the molecule is CCS(=O)(=O)N1CCC(c2cnccn2)CC1. The summed E-state index contributed by atoms with van der Waals surface area (Å²) in [6.07, 6.45) is 6.77. The minimum atomic E-state index is -3.03. The molecule has 6 heteroatoms. The number of hydrogen-bond donors (Lipinski definition) is 0. The van der Waals surface area contributed by atoms with Crippen molar-refractivity contribution in [3.63, 3.8) is 0 Å². The number of rotatable bonds is 3. The molecule has 0 bridgehead atoms. The molecule has 94 valence electrons. The summed E-state index contributed by atoms with van der Waals surface area (Å²) in [5.74, 6) is 0.523. The predicted molar refractivity (Wildman–Crippen MR) is 65.0 cm³/mol. The van der Waals surface area contributed by atoms with Gasteiger partial charge in [-0.15, -0.1) is 0 Å². The first kappa shape index (κ1) is 12.4. The molecule has 0 unspecified atom stereocenters. The first-order valence-electron chi connectivity index (χ1n) is 5.87. The number of sulfonamides is 1. The third-order valence-corrected chi connectivity index (χ3v) is 5.10. The lowest BCUT2D eigenvalue weighted by molar-refractivity contribution is 0.317. The molecule has 0 spiro atoms. The van der Waals surface area contributed by atoms with E-state index >= 15 is 0 Å². The Kier molecular flexibility index (Phi) is 3.73. The van der Waals surface area contributed by atoms with Crippen LogP contribution in [0.1, 0.15) is 31.4 Å². The fraction of sp³-hybridized carbons (Fsp3) is 0.636. The maximum Gasteiger partial charge on any atom is 0.213 e. The van der Waals surface area contributed by atoms with Crippen LogP contribution in [0.25, 0.3) is 0 Å². The van der Waals surface area contributed by atoms with Gasteiger partial charge in [0.2, 0.25) is 10.0 Å². The molecule has 0 saturated carbocycles. The normalized spacial score (nSPS) is 19.4. The Morgan fingerprint density at radius 3 is 2.59 bits per heavy atom. The van der Waals surface area contributed by atoms with E-state index in [9.17, 15) is 8.42 Å². The van der Waals surface area contributed by atoms with Crippen molar-refractivity contribution in [2.24, 2.45) is 0 Å². The van der Waals surface area contributed by atoms with Crippen molar-refractivity contribution in [3.05, 3.63) is 24.3 Å². The minimum Gasteiger partial charge on any atom is -0.261 e. The van der Waals surface area contributed by atoms with Crippen molar-refractivity contribution >= 4 is 10.0 Å². The number of piperidine rings is 1. The molecule has 0 aliphatic carbocycles. The quantitative estimate of drug-likeness (QED) is 0.808. The predicted octanol–water partition coefficient (Wildman–Crippen LogP) is 1.01. The summed E-state index contributed by atoms with van der Waals surface area (Å²) in [5.41, 5.74) is 0.973. The van der Waals surface area contributed by atoms with Gasteiger partial charge in [-0.25, -0.2) is 12.7 Å². The number of nitrogens with zero attached hydrogens (tertiary/aromatic N) is 3. The highest BCUT2D eigenvalue weighted by Crippen LogP contribution is 2.27. The van der Waals surface area contributed by atoms with Gasteiger partial charge < -0.3 is 0 Å². The highest BCUT2D eigenvalue weighted by molar-refractivity contribution is 7.89. The molecule has 1 fully saturated rings. The van der Waals surface area contributed by atoms with Gasteiger partial charge >= 0.3 is 0 Å². The second-order valence-corrected chi connectivity index (χ2v) is 6.46. The molecule has 2 rings (SSSR count). The minimum absolute atomic E-state index is 0.183. The van der Waals surface area contributed by atoms with Gasteiger partial charge in [0.1, 0.15) is 0 Å². The second-order valence-electron chi connectivity index (χ2n) is 4.20. The lowest BCUT2D eigenvalue weighted by atomic mass is 9.95.